The van der Waals surface area contributed by atoms with Crippen molar-refractivity contribution in [2.75, 3.05) is 20.8 Å². The fourth-order valence-electron chi connectivity index (χ4n) is 3.50. The van der Waals surface area contributed by atoms with Gasteiger partial charge in [-0.25, -0.2) is 0 Å². The van der Waals surface area contributed by atoms with Crippen molar-refractivity contribution in [1.82, 2.24) is 15.5 Å². The lowest BCUT2D eigenvalue weighted by Crippen LogP contribution is -2.25. The molecule has 0 radical (unpaired) electrons. The van der Waals surface area contributed by atoms with Crippen LogP contribution in [0.25, 0.3) is 22.5 Å². The van der Waals surface area contributed by atoms with Crippen molar-refractivity contribution in [2.45, 2.75) is 6.42 Å². The molecule has 7 heteroatoms. The molecule has 168 valence electrons. The van der Waals surface area contributed by atoms with E-state index in [1.54, 1.807) is 26.4 Å². The molecule has 33 heavy (non-hydrogen) atoms. The van der Waals surface area contributed by atoms with Gasteiger partial charge in [0.25, 0.3) is 5.91 Å². The third-order valence-electron chi connectivity index (χ3n) is 5.32. The number of aromatic nitrogens is 2. The normalized spacial score (nSPS) is 10.6. The van der Waals surface area contributed by atoms with Crippen molar-refractivity contribution >= 4 is 17.5 Å². The molecule has 6 nitrogen and oxygen atoms in total. The van der Waals surface area contributed by atoms with Crippen LogP contribution >= 0.6 is 11.6 Å². The Bertz CT molecular complexity index is 1230. The van der Waals surface area contributed by atoms with Gasteiger partial charge in [-0.3, -0.25) is 9.89 Å². The van der Waals surface area contributed by atoms with E-state index < -0.39 is 0 Å². The van der Waals surface area contributed by atoms with Crippen LogP contribution in [-0.2, 0) is 6.42 Å². The largest absolute Gasteiger partial charge is 0.493 e. The second kappa shape index (κ2) is 10.2. The molecule has 3 aromatic carbocycles. The Morgan fingerprint density at radius 3 is 2.30 bits per heavy atom. The van der Waals surface area contributed by atoms with E-state index in [-0.39, 0.29) is 5.91 Å². The first-order valence-electron chi connectivity index (χ1n) is 10.5. The summed E-state index contributed by atoms with van der Waals surface area (Å²) in [6.45, 7) is 0.514. The molecule has 0 unspecified atom stereocenters. The lowest BCUT2D eigenvalue weighted by atomic mass is 10.1. The number of hydrogen-bond acceptors (Lipinski definition) is 4. The Hall–Kier alpha value is -3.77. The van der Waals surface area contributed by atoms with Gasteiger partial charge in [-0.05, 0) is 60.0 Å². The van der Waals surface area contributed by atoms with Crippen LogP contribution in [0.2, 0.25) is 5.02 Å². The van der Waals surface area contributed by atoms with Crippen LogP contribution in [0, 0.1) is 0 Å². The van der Waals surface area contributed by atoms with E-state index in [0.29, 0.717) is 35.1 Å². The lowest BCUT2D eigenvalue weighted by Gasteiger charge is -2.10. The molecule has 0 fully saturated rings. The number of benzene rings is 3. The van der Waals surface area contributed by atoms with Crippen LogP contribution in [0.15, 0.2) is 72.8 Å². The number of hydrogen-bond donors (Lipinski definition) is 2. The van der Waals surface area contributed by atoms with Gasteiger partial charge < -0.3 is 14.8 Å². The zero-order valence-corrected chi connectivity index (χ0v) is 19.1. The highest BCUT2D eigenvalue weighted by molar-refractivity contribution is 6.30. The zero-order valence-electron chi connectivity index (χ0n) is 18.4. The van der Waals surface area contributed by atoms with Crippen LogP contribution in [0.4, 0.5) is 0 Å². The number of ether oxygens (including phenoxy) is 2. The van der Waals surface area contributed by atoms with Crippen molar-refractivity contribution in [3.8, 4) is 34.0 Å². The molecule has 2 N–H and O–H groups in total. The third-order valence-corrected chi connectivity index (χ3v) is 5.58. The number of aromatic amines is 1. The van der Waals surface area contributed by atoms with E-state index in [2.05, 4.69) is 15.5 Å². The molecule has 0 bridgehead atoms. The predicted molar refractivity (Wildman–Crippen MR) is 130 cm³/mol. The Morgan fingerprint density at radius 2 is 1.61 bits per heavy atom. The monoisotopic (exact) mass is 461 g/mol. The fraction of sp³-hybridized carbons (Fsp3) is 0.154. The molecule has 1 aromatic heterocycles. The van der Waals surface area contributed by atoms with Gasteiger partial charge in [-0.1, -0.05) is 41.9 Å². The van der Waals surface area contributed by atoms with Crippen molar-refractivity contribution in [2.24, 2.45) is 0 Å². The first kappa shape index (κ1) is 22.4. The number of methoxy groups -OCH3 is 2. The SMILES string of the molecule is COc1ccc(CCNC(=O)c2ccc(-c3cc(-c4ccc(Cl)cc4)[nH]n3)cc2)cc1OC. The van der Waals surface area contributed by atoms with Gasteiger partial charge in [0.05, 0.1) is 25.6 Å². The van der Waals surface area contributed by atoms with Crippen LogP contribution in [0.5, 0.6) is 11.5 Å². The quantitative estimate of drug-likeness (QED) is 0.369. The summed E-state index contributed by atoms with van der Waals surface area (Å²) in [4.78, 5) is 12.5. The van der Waals surface area contributed by atoms with E-state index >= 15 is 0 Å². The topological polar surface area (TPSA) is 76.2 Å². The van der Waals surface area contributed by atoms with Crippen LogP contribution in [-0.4, -0.2) is 36.9 Å². The summed E-state index contributed by atoms with van der Waals surface area (Å²) in [5.41, 5.74) is 5.29. The highest BCUT2D eigenvalue weighted by Gasteiger charge is 2.10. The average molecular weight is 462 g/mol. The maximum atomic E-state index is 12.5. The van der Waals surface area contributed by atoms with Crippen LogP contribution in [0.1, 0.15) is 15.9 Å². The standard InChI is InChI=1S/C26H24ClN3O3/c1-32-24-12-3-17(15-25(24)33-2)13-14-28-26(31)20-6-4-18(5-7-20)22-16-23(30-29-22)19-8-10-21(27)11-9-19/h3-12,15-16H,13-14H2,1-2H3,(H,28,31)(H,29,30). The van der Waals surface area contributed by atoms with E-state index in [1.165, 1.54) is 0 Å². The molecular weight excluding hydrogens is 438 g/mol. The number of nitrogens with one attached hydrogen (secondary N) is 2. The highest BCUT2D eigenvalue weighted by atomic mass is 35.5. The summed E-state index contributed by atoms with van der Waals surface area (Å²) < 4.78 is 10.6. The predicted octanol–water partition coefficient (Wildman–Crippen LogP) is 5.39. The van der Waals surface area contributed by atoms with Gasteiger partial charge in [-0.15, -0.1) is 0 Å². The fourth-order valence-corrected chi connectivity index (χ4v) is 3.62. The average Bonchev–Trinajstić information content (AvgIpc) is 3.34. The molecule has 0 aliphatic carbocycles. The van der Waals surface area contributed by atoms with Gasteiger partial charge in [0.1, 0.15) is 0 Å². The van der Waals surface area contributed by atoms with Crippen molar-refractivity contribution < 1.29 is 14.3 Å². The second-order valence-electron chi connectivity index (χ2n) is 7.45. The van der Waals surface area contributed by atoms with Gasteiger partial charge in [0.2, 0.25) is 0 Å². The first-order chi connectivity index (χ1) is 16.1. The molecule has 1 amide bonds. The molecule has 0 spiro atoms. The molecule has 0 atom stereocenters. The Kier molecular flexibility index (Phi) is 6.95. The van der Waals surface area contributed by atoms with Crippen molar-refractivity contribution in [1.29, 1.82) is 0 Å². The summed E-state index contributed by atoms with van der Waals surface area (Å²) in [5, 5.41) is 11.1. The third kappa shape index (κ3) is 5.35. The minimum atomic E-state index is -0.120. The summed E-state index contributed by atoms with van der Waals surface area (Å²) in [7, 11) is 3.21. The Labute approximate surface area is 197 Å². The number of H-pyrrole nitrogens is 1. The van der Waals surface area contributed by atoms with Crippen LogP contribution < -0.4 is 14.8 Å². The van der Waals surface area contributed by atoms with Gasteiger partial charge in [0.15, 0.2) is 11.5 Å². The molecule has 0 aliphatic rings. The molecule has 0 aliphatic heterocycles. The molecule has 4 aromatic rings. The molecular formula is C26H24ClN3O3. The summed E-state index contributed by atoms with van der Waals surface area (Å²) in [6, 6.07) is 22.7. The van der Waals surface area contributed by atoms with Gasteiger partial charge in [0, 0.05) is 22.7 Å². The minimum Gasteiger partial charge on any atom is -0.493 e. The Morgan fingerprint density at radius 1 is 0.909 bits per heavy atom. The van der Waals surface area contributed by atoms with E-state index in [9.17, 15) is 4.79 Å². The van der Waals surface area contributed by atoms with E-state index in [1.807, 2.05) is 60.7 Å². The number of rotatable bonds is 8. The number of halogens is 1. The highest BCUT2D eigenvalue weighted by Crippen LogP contribution is 2.28. The van der Waals surface area contributed by atoms with Crippen molar-refractivity contribution in [3.63, 3.8) is 0 Å². The first-order valence-corrected chi connectivity index (χ1v) is 10.9. The van der Waals surface area contributed by atoms with Gasteiger partial charge >= 0.3 is 0 Å². The number of nitrogens with zero attached hydrogens (tertiary/aromatic N) is 1. The molecule has 0 saturated carbocycles. The van der Waals surface area contributed by atoms with E-state index in [0.717, 1.165) is 28.1 Å². The summed E-state index contributed by atoms with van der Waals surface area (Å²) in [6.07, 6.45) is 0.685. The van der Waals surface area contributed by atoms with Gasteiger partial charge in [-0.2, -0.15) is 5.10 Å². The summed E-state index contributed by atoms with van der Waals surface area (Å²) >= 11 is 5.96. The number of carbonyl (C=O) groups excluding carboxylic acids is 1. The Balaban J connectivity index is 1.35. The second-order valence-corrected chi connectivity index (χ2v) is 7.88. The smallest absolute Gasteiger partial charge is 0.251 e. The number of carbonyl (C=O) groups is 1. The van der Waals surface area contributed by atoms with E-state index in [4.69, 9.17) is 21.1 Å². The zero-order chi connectivity index (χ0) is 23.2. The number of amides is 1. The maximum absolute atomic E-state index is 12.5. The van der Waals surface area contributed by atoms with Crippen LogP contribution in [0.3, 0.4) is 0 Å². The lowest BCUT2D eigenvalue weighted by molar-refractivity contribution is 0.0954. The molecule has 1 heterocycles. The maximum Gasteiger partial charge on any atom is 0.251 e. The van der Waals surface area contributed by atoms with Crippen molar-refractivity contribution in [3.05, 3.63) is 88.9 Å². The minimum absolute atomic E-state index is 0.120. The molecule has 0 saturated heterocycles. The summed E-state index contributed by atoms with van der Waals surface area (Å²) in [5.74, 6) is 1.24. The molecule has 4 rings (SSSR count).